The molecule has 0 atom stereocenters. The summed E-state index contributed by atoms with van der Waals surface area (Å²) in [5, 5.41) is 14.0. The van der Waals surface area contributed by atoms with Crippen molar-refractivity contribution in [2.75, 3.05) is 30.0 Å². The maximum Gasteiger partial charge on any atom is 0.195 e. The molecular weight excluding hydrogens is 286 g/mol. The van der Waals surface area contributed by atoms with E-state index in [2.05, 4.69) is 10.7 Å². The number of thioether (sulfide) groups is 1. The van der Waals surface area contributed by atoms with Crippen LogP contribution >= 0.6 is 35.3 Å². The first kappa shape index (κ1) is 13.9. The fraction of sp³-hybridized carbons (Fsp3) is 0.417. The monoisotopic (exact) mass is 301 g/mol. The molecule has 2 heterocycles. The largest absolute Gasteiger partial charge is 0.440 e. The van der Waals surface area contributed by atoms with Crippen LogP contribution in [0.15, 0.2) is 15.9 Å². The van der Waals surface area contributed by atoms with Crippen molar-refractivity contribution in [3.63, 3.8) is 0 Å². The second-order valence-corrected chi connectivity index (χ2v) is 6.36. The van der Waals surface area contributed by atoms with Crippen LogP contribution in [0.2, 0.25) is 0 Å². The van der Waals surface area contributed by atoms with E-state index in [0.717, 1.165) is 44.3 Å². The Morgan fingerprint density at radius 2 is 2.33 bits per heavy atom. The minimum atomic E-state index is 0.228. The molecule has 0 amide bonds. The Morgan fingerprint density at radius 3 is 3.11 bits per heavy atom. The van der Waals surface area contributed by atoms with Gasteiger partial charge in [-0.05, 0) is 12.3 Å². The molecule has 0 saturated carbocycles. The third-order valence-corrected chi connectivity index (χ3v) is 4.92. The van der Waals surface area contributed by atoms with Crippen molar-refractivity contribution in [2.24, 2.45) is 0 Å². The molecule has 98 valence electrons. The number of rotatable bonds is 6. The first-order valence-corrected chi connectivity index (χ1v) is 8.11. The average Bonchev–Trinajstić information content (AvgIpc) is 2.72. The van der Waals surface area contributed by atoms with Gasteiger partial charge in [0.1, 0.15) is 0 Å². The Balaban J connectivity index is 2.05. The van der Waals surface area contributed by atoms with E-state index < -0.39 is 0 Å². The summed E-state index contributed by atoms with van der Waals surface area (Å²) in [6.07, 6.45) is 0. The van der Waals surface area contributed by atoms with Crippen molar-refractivity contribution in [3.8, 4) is 0 Å². The molecule has 6 heteroatoms. The van der Waals surface area contributed by atoms with E-state index in [0.29, 0.717) is 0 Å². The van der Waals surface area contributed by atoms with Crippen molar-refractivity contribution < 1.29 is 9.52 Å². The number of aliphatic hydroxyl groups is 1. The lowest BCUT2D eigenvalue weighted by molar-refractivity contribution is 0.322. The van der Waals surface area contributed by atoms with Crippen LogP contribution in [-0.2, 0) is 0 Å². The van der Waals surface area contributed by atoms with Crippen molar-refractivity contribution >= 4 is 51.5 Å². The van der Waals surface area contributed by atoms with Crippen molar-refractivity contribution in [2.45, 2.75) is 6.92 Å². The molecule has 0 spiro atoms. The smallest absolute Gasteiger partial charge is 0.195 e. The van der Waals surface area contributed by atoms with Gasteiger partial charge in [-0.2, -0.15) is 11.8 Å². The zero-order valence-corrected chi connectivity index (χ0v) is 12.5. The molecule has 2 aromatic heterocycles. The number of aryl methyl sites for hydroxylation is 1. The number of aliphatic hydroxyl groups excluding tert-OH is 1. The van der Waals surface area contributed by atoms with Crippen LogP contribution in [0.3, 0.4) is 0 Å². The number of hydrogen-bond acceptors (Lipinski definition) is 6. The van der Waals surface area contributed by atoms with Gasteiger partial charge in [0.2, 0.25) is 0 Å². The second kappa shape index (κ2) is 6.56. The van der Waals surface area contributed by atoms with Gasteiger partial charge in [-0.25, -0.2) is 0 Å². The summed E-state index contributed by atoms with van der Waals surface area (Å²) in [6, 6.07) is 1.87. The summed E-state index contributed by atoms with van der Waals surface area (Å²) in [5.41, 5.74) is 2.01. The van der Waals surface area contributed by atoms with Crippen LogP contribution in [0.5, 0.6) is 0 Å². The Kier molecular flexibility index (Phi) is 5.05. The summed E-state index contributed by atoms with van der Waals surface area (Å²) >= 11 is 8.68. The van der Waals surface area contributed by atoms with Gasteiger partial charge in [-0.1, -0.05) is 12.2 Å². The highest BCUT2D eigenvalue weighted by atomic mass is 32.2. The average molecular weight is 301 g/mol. The highest BCUT2D eigenvalue weighted by Gasteiger charge is 2.06. The van der Waals surface area contributed by atoms with E-state index >= 15 is 0 Å². The summed E-state index contributed by atoms with van der Waals surface area (Å²) in [6.45, 7) is 3.06. The van der Waals surface area contributed by atoms with E-state index in [4.69, 9.17) is 21.7 Å². The predicted octanol–water partition coefficient (Wildman–Crippen LogP) is 3.67. The van der Waals surface area contributed by atoms with Crippen LogP contribution in [0.25, 0.3) is 10.3 Å². The normalized spacial score (nSPS) is 11.0. The highest BCUT2D eigenvalue weighted by Crippen LogP contribution is 2.29. The van der Waals surface area contributed by atoms with E-state index in [1.54, 1.807) is 23.1 Å². The lowest BCUT2D eigenvalue weighted by atomic mass is 10.3. The first-order valence-electron chi connectivity index (χ1n) is 5.67. The van der Waals surface area contributed by atoms with Gasteiger partial charge < -0.3 is 14.8 Å². The molecule has 18 heavy (non-hydrogen) atoms. The molecule has 0 bridgehead atoms. The number of nitrogens with one attached hydrogen (secondary N) is 1. The van der Waals surface area contributed by atoms with Gasteiger partial charge in [0.15, 0.2) is 11.5 Å². The van der Waals surface area contributed by atoms with E-state index in [9.17, 15) is 0 Å². The van der Waals surface area contributed by atoms with Crippen LogP contribution in [-0.4, -0.2) is 29.8 Å². The van der Waals surface area contributed by atoms with Crippen molar-refractivity contribution in [1.82, 2.24) is 0 Å². The molecule has 0 saturated heterocycles. The molecule has 0 unspecified atom stereocenters. The molecule has 0 aromatic carbocycles. The molecule has 2 rings (SSSR count). The molecular formula is C12H15NO2S3. The minimum Gasteiger partial charge on any atom is -0.440 e. The van der Waals surface area contributed by atoms with Gasteiger partial charge in [0.05, 0.1) is 15.8 Å². The number of fused-ring (bicyclic) bond motifs is 1. The SMILES string of the molecule is Cc1csc2c(=S)cc(NCCSCCO)oc12. The molecule has 0 aliphatic heterocycles. The molecule has 2 aromatic rings. The third-order valence-electron chi connectivity index (χ3n) is 2.40. The van der Waals surface area contributed by atoms with Gasteiger partial charge in [-0.3, -0.25) is 0 Å². The molecule has 0 radical (unpaired) electrons. The highest BCUT2D eigenvalue weighted by molar-refractivity contribution is 7.99. The molecule has 3 nitrogen and oxygen atoms in total. The van der Waals surface area contributed by atoms with Crippen LogP contribution in [0, 0.1) is 11.4 Å². The van der Waals surface area contributed by atoms with E-state index in [-0.39, 0.29) is 6.61 Å². The second-order valence-electron chi connectivity index (χ2n) is 3.81. The van der Waals surface area contributed by atoms with Crippen LogP contribution in [0.1, 0.15) is 5.56 Å². The van der Waals surface area contributed by atoms with Gasteiger partial charge in [0.25, 0.3) is 0 Å². The fourth-order valence-electron chi connectivity index (χ4n) is 1.55. The predicted molar refractivity (Wildman–Crippen MR) is 82.6 cm³/mol. The van der Waals surface area contributed by atoms with Crippen LogP contribution in [0.4, 0.5) is 5.88 Å². The quantitative estimate of drug-likeness (QED) is 0.629. The molecule has 0 fully saturated rings. The topological polar surface area (TPSA) is 45.4 Å². The number of anilines is 1. The Hall–Kier alpha value is -0.560. The zero-order valence-electron chi connectivity index (χ0n) is 10.1. The Morgan fingerprint density at radius 1 is 1.50 bits per heavy atom. The maximum absolute atomic E-state index is 8.67. The number of hydrogen-bond donors (Lipinski definition) is 2. The fourth-order valence-corrected chi connectivity index (χ4v) is 3.36. The summed E-state index contributed by atoms with van der Waals surface area (Å²) in [7, 11) is 0. The molecule has 2 N–H and O–H groups in total. The lowest BCUT2D eigenvalue weighted by Crippen LogP contribution is -2.05. The van der Waals surface area contributed by atoms with Crippen molar-refractivity contribution in [3.05, 3.63) is 21.5 Å². The van der Waals surface area contributed by atoms with E-state index in [1.165, 1.54) is 0 Å². The molecule has 0 aliphatic carbocycles. The van der Waals surface area contributed by atoms with Gasteiger partial charge in [0, 0.05) is 29.7 Å². The standard InChI is InChI=1S/C12H15NO2S3/c1-8-7-18-12-9(16)6-10(15-11(8)12)13-2-4-17-5-3-14/h6-7,13-14H,2-5H2,1H3. The third kappa shape index (κ3) is 3.26. The first-order chi connectivity index (χ1) is 8.72. The van der Waals surface area contributed by atoms with E-state index in [1.807, 2.05) is 13.0 Å². The summed E-state index contributed by atoms with van der Waals surface area (Å²) < 4.78 is 7.67. The lowest BCUT2D eigenvalue weighted by Gasteiger charge is -2.05. The van der Waals surface area contributed by atoms with Gasteiger partial charge >= 0.3 is 0 Å². The van der Waals surface area contributed by atoms with Gasteiger partial charge in [-0.15, -0.1) is 11.3 Å². The minimum absolute atomic E-state index is 0.228. The Bertz CT molecular complexity index is 576. The van der Waals surface area contributed by atoms with Crippen molar-refractivity contribution in [1.29, 1.82) is 0 Å². The molecule has 0 aliphatic rings. The maximum atomic E-state index is 8.67. The number of thiophene rings is 1. The zero-order chi connectivity index (χ0) is 13.0. The summed E-state index contributed by atoms with van der Waals surface area (Å²) in [4.78, 5) is 0. The Labute approximate surface area is 119 Å². The summed E-state index contributed by atoms with van der Waals surface area (Å²) in [5.74, 6) is 2.43. The van der Waals surface area contributed by atoms with Crippen LogP contribution < -0.4 is 5.32 Å².